The molecule has 8 nitrogen and oxygen atoms in total. The van der Waals surface area contributed by atoms with Gasteiger partial charge in [-0.25, -0.2) is 0 Å². The van der Waals surface area contributed by atoms with E-state index in [1.165, 1.54) is 16.6 Å². The summed E-state index contributed by atoms with van der Waals surface area (Å²) in [5.74, 6) is 2.37. The Morgan fingerprint density at radius 1 is 1.26 bits per heavy atom. The van der Waals surface area contributed by atoms with Crippen LogP contribution in [0.5, 0.6) is 0 Å². The van der Waals surface area contributed by atoms with Crippen molar-refractivity contribution < 1.29 is 4.42 Å². The van der Waals surface area contributed by atoms with Crippen molar-refractivity contribution in [2.45, 2.75) is 17.4 Å². The van der Waals surface area contributed by atoms with Crippen LogP contribution in [0.2, 0.25) is 0 Å². The Balaban J connectivity index is 1.63. The first-order valence-electron chi connectivity index (χ1n) is 6.75. The Hall–Kier alpha value is -2.20. The molecule has 0 saturated heterocycles. The van der Waals surface area contributed by atoms with Gasteiger partial charge in [0.2, 0.25) is 17.8 Å². The number of nitrogens with two attached hydrogens (primary N) is 1. The lowest BCUT2D eigenvalue weighted by Gasteiger charge is -2.10. The van der Waals surface area contributed by atoms with E-state index in [1.54, 1.807) is 16.2 Å². The van der Waals surface area contributed by atoms with Crippen LogP contribution in [0.25, 0.3) is 0 Å². The summed E-state index contributed by atoms with van der Waals surface area (Å²) >= 11 is 3.04. The van der Waals surface area contributed by atoms with Gasteiger partial charge in [-0.05, 0) is 11.4 Å². The SMILES string of the molecule is CN(C)c1nc(N)nc(CSc2nnc(Cc3cccs3)o2)n1. The molecule has 0 aliphatic rings. The van der Waals surface area contributed by atoms with Gasteiger partial charge >= 0.3 is 0 Å². The van der Waals surface area contributed by atoms with Crippen LogP contribution in [0.4, 0.5) is 11.9 Å². The molecule has 23 heavy (non-hydrogen) atoms. The fourth-order valence-electron chi connectivity index (χ4n) is 1.75. The van der Waals surface area contributed by atoms with Gasteiger partial charge in [0, 0.05) is 19.0 Å². The van der Waals surface area contributed by atoms with Gasteiger partial charge < -0.3 is 15.1 Å². The Morgan fingerprint density at radius 2 is 2.13 bits per heavy atom. The molecule has 10 heteroatoms. The van der Waals surface area contributed by atoms with Gasteiger partial charge in [-0.3, -0.25) is 0 Å². The first-order valence-corrected chi connectivity index (χ1v) is 8.62. The van der Waals surface area contributed by atoms with E-state index in [-0.39, 0.29) is 5.95 Å². The van der Waals surface area contributed by atoms with Crippen LogP contribution in [-0.4, -0.2) is 39.2 Å². The van der Waals surface area contributed by atoms with E-state index in [4.69, 9.17) is 10.2 Å². The summed E-state index contributed by atoms with van der Waals surface area (Å²) in [6.45, 7) is 0. The molecule has 120 valence electrons. The number of hydrogen-bond donors (Lipinski definition) is 1. The Morgan fingerprint density at radius 3 is 2.87 bits per heavy atom. The third kappa shape index (κ3) is 4.17. The summed E-state index contributed by atoms with van der Waals surface area (Å²) in [6.07, 6.45) is 0.648. The van der Waals surface area contributed by atoms with Crippen LogP contribution in [0.3, 0.4) is 0 Å². The molecular formula is C13H15N7OS2. The molecule has 3 aromatic heterocycles. The van der Waals surface area contributed by atoms with Crippen LogP contribution >= 0.6 is 23.1 Å². The number of nitrogen functional groups attached to an aromatic ring is 1. The zero-order valence-corrected chi connectivity index (χ0v) is 14.3. The highest BCUT2D eigenvalue weighted by atomic mass is 32.2. The van der Waals surface area contributed by atoms with Crippen LogP contribution in [0, 0.1) is 0 Å². The Bertz CT molecular complexity index is 772. The highest BCUT2D eigenvalue weighted by Crippen LogP contribution is 2.22. The molecule has 3 rings (SSSR count). The van der Waals surface area contributed by atoms with E-state index in [2.05, 4.69) is 25.1 Å². The molecule has 0 amide bonds. The lowest BCUT2D eigenvalue weighted by molar-refractivity contribution is 0.421. The second-order valence-electron chi connectivity index (χ2n) is 4.81. The third-order valence-corrected chi connectivity index (χ3v) is 4.46. The molecule has 0 aliphatic carbocycles. The van der Waals surface area contributed by atoms with Gasteiger partial charge in [-0.15, -0.1) is 21.5 Å². The maximum Gasteiger partial charge on any atom is 0.277 e. The van der Waals surface area contributed by atoms with Crippen LogP contribution in [0.1, 0.15) is 16.6 Å². The first-order chi connectivity index (χ1) is 11.1. The number of anilines is 2. The molecule has 0 aliphatic heterocycles. The van der Waals surface area contributed by atoms with Crippen molar-refractivity contribution in [2.24, 2.45) is 0 Å². The molecule has 2 N–H and O–H groups in total. The highest BCUT2D eigenvalue weighted by Gasteiger charge is 2.11. The predicted octanol–water partition coefficient (Wildman–Crippen LogP) is 1.85. The van der Waals surface area contributed by atoms with Crippen molar-refractivity contribution in [3.8, 4) is 0 Å². The Labute approximate surface area is 141 Å². The molecule has 0 aromatic carbocycles. The zero-order chi connectivity index (χ0) is 16.2. The molecular weight excluding hydrogens is 334 g/mol. The molecule has 3 aromatic rings. The fourth-order valence-corrected chi connectivity index (χ4v) is 3.08. The Kier molecular flexibility index (Phi) is 4.72. The number of hydrogen-bond acceptors (Lipinski definition) is 10. The molecule has 0 bridgehead atoms. The van der Waals surface area contributed by atoms with E-state index in [9.17, 15) is 0 Å². The minimum atomic E-state index is 0.197. The van der Waals surface area contributed by atoms with Gasteiger partial charge in [-0.1, -0.05) is 17.8 Å². The zero-order valence-electron chi connectivity index (χ0n) is 12.6. The summed E-state index contributed by atoms with van der Waals surface area (Å²) in [5.41, 5.74) is 5.70. The van der Waals surface area contributed by atoms with Crippen molar-refractivity contribution in [1.29, 1.82) is 0 Å². The quantitative estimate of drug-likeness (QED) is 0.667. The second-order valence-corrected chi connectivity index (χ2v) is 6.77. The number of thioether (sulfide) groups is 1. The second kappa shape index (κ2) is 6.92. The van der Waals surface area contributed by atoms with Crippen molar-refractivity contribution in [3.05, 3.63) is 34.1 Å². The molecule has 0 radical (unpaired) electrons. The molecule has 0 spiro atoms. The van der Waals surface area contributed by atoms with Gasteiger partial charge in [0.1, 0.15) is 5.82 Å². The average Bonchev–Trinajstić information content (AvgIpc) is 3.17. The van der Waals surface area contributed by atoms with Crippen LogP contribution in [-0.2, 0) is 12.2 Å². The summed E-state index contributed by atoms with van der Waals surface area (Å²) in [4.78, 5) is 15.5. The summed E-state index contributed by atoms with van der Waals surface area (Å²) < 4.78 is 5.62. The molecule has 0 unspecified atom stereocenters. The average molecular weight is 349 g/mol. The van der Waals surface area contributed by atoms with Gasteiger partial charge in [0.05, 0.1) is 12.2 Å². The summed E-state index contributed by atoms with van der Waals surface area (Å²) in [6, 6.07) is 4.04. The third-order valence-electron chi connectivity index (χ3n) is 2.77. The molecule has 0 atom stereocenters. The number of thiophene rings is 1. The maximum atomic E-state index is 5.70. The minimum Gasteiger partial charge on any atom is -0.416 e. The van der Waals surface area contributed by atoms with Gasteiger partial charge in [0.25, 0.3) is 5.22 Å². The smallest absolute Gasteiger partial charge is 0.277 e. The first kappa shape index (κ1) is 15.7. The lowest BCUT2D eigenvalue weighted by Crippen LogP contribution is -2.15. The summed E-state index contributed by atoms with van der Waals surface area (Å²) in [7, 11) is 3.70. The minimum absolute atomic E-state index is 0.197. The molecule has 0 saturated carbocycles. The van der Waals surface area contributed by atoms with Crippen molar-refractivity contribution in [2.75, 3.05) is 24.7 Å². The van der Waals surface area contributed by atoms with Crippen molar-refractivity contribution >= 4 is 35.0 Å². The normalized spacial score (nSPS) is 10.9. The fraction of sp³-hybridized carbons (Fsp3) is 0.308. The predicted molar refractivity (Wildman–Crippen MR) is 89.6 cm³/mol. The molecule has 3 heterocycles. The standard InChI is InChI=1S/C13H15N7OS2/c1-20(2)12-16-9(15-11(14)17-12)7-23-13-19-18-10(21-13)6-8-4-3-5-22-8/h3-5H,6-7H2,1-2H3,(H2,14,15,16,17). The van der Waals surface area contributed by atoms with Crippen molar-refractivity contribution in [3.63, 3.8) is 0 Å². The van der Waals surface area contributed by atoms with Crippen molar-refractivity contribution in [1.82, 2.24) is 25.1 Å². The lowest BCUT2D eigenvalue weighted by atomic mass is 10.3. The van der Waals surface area contributed by atoms with Crippen LogP contribution < -0.4 is 10.6 Å². The van der Waals surface area contributed by atoms with Gasteiger partial charge in [0.15, 0.2) is 0 Å². The van der Waals surface area contributed by atoms with Gasteiger partial charge in [-0.2, -0.15) is 15.0 Å². The van der Waals surface area contributed by atoms with E-state index in [0.717, 1.165) is 0 Å². The van der Waals surface area contributed by atoms with E-state index in [1.807, 2.05) is 31.6 Å². The summed E-state index contributed by atoms with van der Waals surface area (Å²) in [5, 5.41) is 10.6. The van der Waals surface area contributed by atoms with Crippen LogP contribution in [0.15, 0.2) is 27.2 Å². The monoisotopic (exact) mass is 349 g/mol. The molecule has 0 fully saturated rings. The largest absolute Gasteiger partial charge is 0.416 e. The topological polar surface area (TPSA) is 107 Å². The van der Waals surface area contributed by atoms with E-state index >= 15 is 0 Å². The number of aromatic nitrogens is 5. The number of rotatable bonds is 6. The van der Waals surface area contributed by atoms with E-state index in [0.29, 0.717) is 35.1 Å². The highest BCUT2D eigenvalue weighted by molar-refractivity contribution is 7.98. The van der Waals surface area contributed by atoms with E-state index < -0.39 is 0 Å². The number of nitrogens with zero attached hydrogens (tertiary/aromatic N) is 6. The maximum absolute atomic E-state index is 5.70.